The maximum atomic E-state index is 12.4. The Hall–Kier alpha value is -1.74. The molecule has 1 aromatic rings. The molecule has 0 saturated carbocycles. The lowest BCUT2D eigenvalue weighted by atomic mass is 10.2. The molecule has 9 heteroatoms. The van der Waals surface area contributed by atoms with Crippen molar-refractivity contribution in [1.82, 2.24) is 9.88 Å². The zero-order valence-corrected chi connectivity index (χ0v) is 10.8. The molecular weight excluding hydrogens is 279 g/mol. The molecule has 0 aromatic carbocycles. The summed E-state index contributed by atoms with van der Waals surface area (Å²) in [6.07, 6.45) is 2.17. The normalized spacial score (nSPS) is 19.5. The number of pyridine rings is 1. The van der Waals surface area contributed by atoms with Gasteiger partial charge >= 0.3 is 10.5 Å². The van der Waals surface area contributed by atoms with Crippen LogP contribution in [0, 0.1) is 0 Å². The highest BCUT2D eigenvalue weighted by atomic mass is 32.3. The van der Waals surface area contributed by atoms with Crippen LogP contribution in [0.3, 0.4) is 0 Å². The highest BCUT2D eigenvalue weighted by Crippen LogP contribution is 2.17. The van der Waals surface area contributed by atoms with E-state index in [-0.39, 0.29) is 24.1 Å². The summed E-state index contributed by atoms with van der Waals surface area (Å²) < 4.78 is 42.3. The van der Waals surface area contributed by atoms with Crippen molar-refractivity contribution in [2.75, 3.05) is 13.3 Å². The van der Waals surface area contributed by atoms with Gasteiger partial charge < -0.3 is 13.8 Å². The summed E-state index contributed by atoms with van der Waals surface area (Å²) in [6.45, 7) is 2.39. The standard InChI is InChI=1S/C10H11FN2O5S/c1-7-5-13(6-17-7)10(14)8-2-9(4-12-3-8)18-19(11,15)16/h2-4,7H,5-6H2,1H3/t7-/m0/s1. The predicted octanol–water partition coefficient (Wildman–Crippen LogP) is 0.493. The largest absolute Gasteiger partial charge is 0.488 e. The van der Waals surface area contributed by atoms with Crippen molar-refractivity contribution in [2.45, 2.75) is 13.0 Å². The number of halogens is 1. The molecule has 1 aliphatic heterocycles. The number of hydrogen-bond donors (Lipinski definition) is 0. The summed E-state index contributed by atoms with van der Waals surface area (Å²) >= 11 is 0. The smallest absolute Gasteiger partial charge is 0.357 e. The van der Waals surface area contributed by atoms with E-state index >= 15 is 0 Å². The van der Waals surface area contributed by atoms with Crippen LogP contribution < -0.4 is 4.18 Å². The predicted molar refractivity (Wildman–Crippen MR) is 61.3 cm³/mol. The van der Waals surface area contributed by atoms with E-state index in [0.717, 1.165) is 12.3 Å². The third kappa shape index (κ3) is 3.61. The van der Waals surface area contributed by atoms with Gasteiger partial charge in [-0.2, -0.15) is 8.42 Å². The second kappa shape index (κ2) is 5.10. The summed E-state index contributed by atoms with van der Waals surface area (Å²) in [7, 11) is -5.14. The molecule has 0 N–H and O–H groups in total. The Bertz CT molecular complexity index is 591. The van der Waals surface area contributed by atoms with E-state index in [9.17, 15) is 17.1 Å². The van der Waals surface area contributed by atoms with Crippen molar-refractivity contribution in [2.24, 2.45) is 0 Å². The summed E-state index contributed by atoms with van der Waals surface area (Å²) in [5, 5.41) is 0. The van der Waals surface area contributed by atoms with Crippen LogP contribution in [0.15, 0.2) is 18.5 Å². The van der Waals surface area contributed by atoms with Crippen molar-refractivity contribution in [3.05, 3.63) is 24.0 Å². The van der Waals surface area contributed by atoms with Gasteiger partial charge in [0.15, 0.2) is 5.75 Å². The van der Waals surface area contributed by atoms with Crippen LogP contribution in [-0.4, -0.2) is 43.6 Å². The fraction of sp³-hybridized carbons (Fsp3) is 0.400. The summed E-state index contributed by atoms with van der Waals surface area (Å²) in [4.78, 5) is 17.1. The number of rotatable bonds is 3. The first-order valence-electron chi connectivity index (χ1n) is 5.35. The van der Waals surface area contributed by atoms with Crippen LogP contribution in [0.5, 0.6) is 5.75 Å². The molecule has 2 rings (SSSR count). The van der Waals surface area contributed by atoms with Gasteiger partial charge in [0.05, 0.1) is 17.9 Å². The Morgan fingerprint density at radius 3 is 2.89 bits per heavy atom. The van der Waals surface area contributed by atoms with E-state index in [1.807, 2.05) is 6.92 Å². The van der Waals surface area contributed by atoms with Crippen LogP contribution in [0.4, 0.5) is 3.89 Å². The fourth-order valence-corrected chi connectivity index (χ4v) is 1.97. The molecule has 2 heterocycles. The minimum Gasteiger partial charge on any atom is -0.357 e. The molecule has 0 spiro atoms. The van der Waals surface area contributed by atoms with Gasteiger partial charge in [-0.1, -0.05) is 3.89 Å². The molecule has 1 atom stereocenters. The van der Waals surface area contributed by atoms with Crippen molar-refractivity contribution in [1.29, 1.82) is 0 Å². The Kier molecular flexibility index (Phi) is 3.67. The van der Waals surface area contributed by atoms with Crippen LogP contribution in [-0.2, 0) is 15.2 Å². The molecule has 104 valence electrons. The van der Waals surface area contributed by atoms with Crippen molar-refractivity contribution in [3.63, 3.8) is 0 Å². The third-order valence-electron chi connectivity index (χ3n) is 2.44. The average molecular weight is 290 g/mol. The van der Waals surface area contributed by atoms with Crippen molar-refractivity contribution in [3.8, 4) is 5.75 Å². The monoisotopic (exact) mass is 290 g/mol. The minimum atomic E-state index is -5.14. The molecule has 0 aliphatic carbocycles. The Morgan fingerprint density at radius 2 is 2.32 bits per heavy atom. The van der Waals surface area contributed by atoms with Crippen LogP contribution in [0.1, 0.15) is 17.3 Å². The van der Waals surface area contributed by atoms with Crippen LogP contribution in [0.25, 0.3) is 0 Å². The second-order valence-electron chi connectivity index (χ2n) is 4.02. The van der Waals surface area contributed by atoms with Gasteiger partial charge in [0.1, 0.15) is 6.73 Å². The molecular formula is C10H11FN2O5S. The lowest BCUT2D eigenvalue weighted by molar-refractivity contribution is 0.0650. The van der Waals surface area contributed by atoms with Gasteiger partial charge in [0.2, 0.25) is 0 Å². The van der Waals surface area contributed by atoms with E-state index in [2.05, 4.69) is 9.17 Å². The quantitative estimate of drug-likeness (QED) is 0.753. The summed E-state index contributed by atoms with van der Waals surface area (Å²) in [6, 6.07) is 1.11. The Labute approximate surface area is 109 Å². The molecule has 7 nitrogen and oxygen atoms in total. The van der Waals surface area contributed by atoms with Gasteiger partial charge in [-0.3, -0.25) is 9.78 Å². The second-order valence-corrected chi connectivity index (χ2v) is 4.97. The van der Waals surface area contributed by atoms with Gasteiger partial charge in [-0.15, -0.1) is 0 Å². The highest BCUT2D eigenvalue weighted by Gasteiger charge is 2.25. The molecule has 0 radical (unpaired) electrons. The highest BCUT2D eigenvalue weighted by molar-refractivity contribution is 7.81. The Balaban J connectivity index is 2.16. The molecule has 1 aliphatic rings. The molecule has 19 heavy (non-hydrogen) atoms. The number of amides is 1. The number of carbonyl (C=O) groups is 1. The van der Waals surface area contributed by atoms with Gasteiger partial charge in [-0.05, 0) is 13.0 Å². The first kappa shape index (κ1) is 13.7. The molecule has 1 fully saturated rings. The van der Waals surface area contributed by atoms with Gasteiger partial charge in [0, 0.05) is 12.7 Å². The molecule has 0 bridgehead atoms. The number of carbonyl (C=O) groups excluding carboxylic acids is 1. The first-order valence-corrected chi connectivity index (χ1v) is 6.66. The third-order valence-corrected chi connectivity index (χ3v) is 2.83. The fourth-order valence-electron chi connectivity index (χ4n) is 1.65. The van der Waals surface area contributed by atoms with Crippen LogP contribution >= 0.6 is 0 Å². The Morgan fingerprint density at radius 1 is 1.58 bits per heavy atom. The summed E-state index contributed by atoms with van der Waals surface area (Å²) in [5.41, 5.74) is 0.0962. The maximum Gasteiger partial charge on any atom is 0.488 e. The van der Waals surface area contributed by atoms with E-state index < -0.39 is 16.4 Å². The van der Waals surface area contributed by atoms with Gasteiger partial charge in [0.25, 0.3) is 5.91 Å². The van der Waals surface area contributed by atoms with E-state index in [4.69, 9.17) is 4.74 Å². The number of aromatic nitrogens is 1. The summed E-state index contributed by atoms with van der Waals surface area (Å²) in [5.74, 6) is -0.750. The number of ether oxygens (including phenoxy) is 1. The first-order chi connectivity index (χ1) is 8.85. The minimum absolute atomic E-state index is 0.0671. The van der Waals surface area contributed by atoms with E-state index in [0.29, 0.717) is 6.54 Å². The lowest BCUT2D eigenvalue weighted by Gasteiger charge is -2.13. The lowest BCUT2D eigenvalue weighted by Crippen LogP contribution is -2.29. The average Bonchev–Trinajstić information content (AvgIpc) is 2.73. The topological polar surface area (TPSA) is 85.8 Å². The van der Waals surface area contributed by atoms with Crippen molar-refractivity contribution < 1.29 is 26.0 Å². The SMILES string of the molecule is C[C@H]1CN(C(=O)c2cncc(OS(=O)(=O)F)c2)CO1. The van der Waals surface area contributed by atoms with Gasteiger partial charge in [-0.25, -0.2) is 0 Å². The molecule has 1 aromatic heterocycles. The van der Waals surface area contributed by atoms with E-state index in [1.54, 1.807) is 0 Å². The van der Waals surface area contributed by atoms with E-state index in [1.165, 1.54) is 11.1 Å². The number of hydrogen-bond acceptors (Lipinski definition) is 6. The number of nitrogens with zero attached hydrogens (tertiary/aromatic N) is 2. The van der Waals surface area contributed by atoms with Crippen LogP contribution in [0.2, 0.25) is 0 Å². The molecule has 0 unspecified atom stereocenters. The zero-order valence-electron chi connectivity index (χ0n) is 9.95. The molecule has 1 saturated heterocycles. The molecule has 1 amide bonds. The van der Waals surface area contributed by atoms with Crippen molar-refractivity contribution >= 4 is 16.4 Å². The zero-order chi connectivity index (χ0) is 14.0. The maximum absolute atomic E-state index is 12.4.